The molecular weight excluding hydrogens is 386 g/mol. The zero-order chi connectivity index (χ0) is 19.7. The van der Waals surface area contributed by atoms with Crippen LogP contribution in [0.5, 0.6) is 11.5 Å². The minimum atomic E-state index is -2.91. The number of nitrogens with zero attached hydrogens (tertiary/aromatic N) is 2. The Morgan fingerprint density at radius 3 is 2.57 bits per heavy atom. The summed E-state index contributed by atoms with van der Waals surface area (Å²) >= 11 is 0. The van der Waals surface area contributed by atoms with Crippen molar-refractivity contribution in [2.45, 2.75) is 12.5 Å². The molecule has 0 aliphatic carbocycles. The number of ether oxygens (including phenoxy) is 2. The third kappa shape index (κ3) is 4.07. The van der Waals surface area contributed by atoms with Crippen molar-refractivity contribution in [3.05, 3.63) is 23.8 Å². The van der Waals surface area contributed by atoms with E-state index in [2.05, 4.69) is 10.2 Å². The average molecular weight is 409 g/mol. The second-order valence-electron chi connectivity index (χ2n) is 7.22. The number of hydrogen-bond donors (Lipinski definition) is 1. The fourth-order valence-electron chi connectivity index (χ4n) is 3.81. The first-order valence-electron chi connectivity index (χ1n) is 9.31. The molecule has 2 amide bonds. The van der Waals surface area contributed by atoms with Gasteiger partial charge in [-0.15, -0.1) is 0 Å². The molecule has 3 aliphatic heterocycles. The van der Waals surface area contributed by atoms with Gasteiger partial charge < -0.3 is 19.7 Å². The fraction of sp³-hybridized carbons (Fsp3) is 0.556. The first kappa shape index (κ1) is 19.0. The molecule has 1 aromatic carbocycles. The highest BCUT2D eigenvalue weighted by atomic mass is 32.2. The second kappa shape index (κ2) is 7.59. The number of hydrogen-bond acceptors (Lipinski definition) is 7. The molecule has 0 spiro atoms. The second-order valence-corrected chi connectivity index (χ2v) is 9.45. The summed E-state index contributed by atoms with van der Waals surface area (Å²) in [5.41, 5.74) is 0.407. The van der Waals surface area contributed by atoms with Gasteiger partial charge in [0.1, 0.15) is 0 Å². The molecule has 1 aromatic rings. The van der Waals surface area contributed by atoms with Gasteiger partial charge in [0.2, 0.25) is 12.7 Å². The largest absolute Gasteiger partial charge is 0.454 e. The highest BCUT2D eigenvalue weighted by molar-refractivity contribution is 7.91. The molecular formula is C18H23N3O6S. The summed E-state index contributed by atoms with van der Waals surface area (Å²) < 4.78 is 33.7. The molecule has 0 unspecified atom stereocenters. The highest BCUT2D eigenvalue weighted by Crippen LogP contribution is 2.32. The fourth-order valence-corrected chi connectivity index (χ4v) is 5.57. The lowest BCUT2D eigenvalue weighted by Crippen LogP contribution is -2.53. The van der Waals surface area contributed by atoms with Gasteiger partial charge in [-0.25, -0.2) is 8.42 Å². The lowest BCUT2D eigenvalue weighted by molar-refractivity contribution is -0.132. The van der Waals surface area contributed by atoms with Crippen molar-refractivity contribution < 1.29 is 27.5 Å². The molecule has 2 fully saturated rings. The van der Waals surface area contributed by atoms with Gasteiger partial charge in [-0.2, -0.15) is 0 Å². The van der Waals surface area contributed by atoms with E-state index in [9.17, 15) is 18.0 Å². The van der Waals surface area contributed by atoms with E-state index in [1.165, 1.54) is 0 Å². The minimum Gasteiger partial charge on any atom is -0.454 e. The summed E-state index contributed by atoms with van der Waals surface area (Å²) in [5, 5.41) is 2.64. The number of amides is 2. The van der Waals surface area contributed by atoms with E-state index in [1.54, 1.807) is 23.1 Å². The smallest absolute Gasteiger partial charge is 0.251 e. The first-order chi connectivity index (χ1) is 13.4. The minimum absolute atomic E-state index is 0.0629. The molecule has 0 radical (unpaired) electrons. The number of carbonyl (C=O) groups is 2. The normalized spacial score (nSPS) is 23.6. The monoisotopic (exact) mass is 409 g/mol. The van der Waals surface area contributed by atoms with Gasteiger partial charge in [0.15, 0.2) is 21.3 Å². The standard InChI is InChI=1S/C18H23N3O6S/c22-17(10-19-18(23)13-1-2-15-16(9-13)27-12-26-15)21-6-4-20(5-7-21)14-3-8-28(24,25)11-14/h1-2,9,14H,3-8,10-12H2,(H,19,23)/t14-/m1/s1. The van der Waals surface area contributed by atoms with Crippen molar-refractivity contribution in [3.63, 3.8) is 0 Å². The number of sulfone groups is 1. The van der Waals surface area contributed by atoms with Crippen LogP contribution in [-0.4, -0.2) is 87.1 Å². The molecule has 3 heterocycles. The van der Waals surface area contributed by atoms with E-state index < -0.39 is 9.84 Å². The van der Waals surface area contributed by atoms with Gasteiger partial charge in [0, 0.05) is 37.8 Å². The maximum atomic E-state index is 12.4. The number of carbonyl (C=O) groups excluding carboxylic acids is 2. The molecule has 0 aromatic heterocycles. The van der Waals surface area contributed by atoms with Crippen molar-refractivity contribution in [3.8, 4) is 11.5 Å². The van der Waals surface area contributed by atoms with Crippen LogP contribution in [0, 0.1) is 0 Å². The summed E-state index contributed by atoms with van der Waals surface area (Å²) in [6.45, 7) is 2.44. The van der Waals surface area contributed by atoms with Crippen molar-refractivity contribution in [1.29, 1.82) is 0 Å². The summed E-state index contributed by atoms with van der Waals surface area (Å²) in [4.78, 5) is 28.5. The van der Waals surface area contributed by atoms with Gasteiger partial charge in [-0.05, 0) is 24.6 Å². The topological polar surface area (TPSA) is 105 Å². The SMILES string of the molecule is O=C(NCC(=O)N1CCN([C@@H]2CCS(=O)(=O)C2)CC1)c1ccc2c(c1)OCO2. The van der Waals surface area contributed by atoms with Crippen LogP contribution < -0.4 is 14.8 Å². The van der Waals surface area contributed by atoms with Crippen molar-refractivity contribution >= 4 is 21.7 Å². The number of piperazine rings is 1. The van der Waals surface area contributed by atoms with E-state index in [0.717, 1.165) is 0 Å². The number of fused-ring (bicyclic) bond motifs is 1. The zero-order valence-corrected chi connectivity index (χ0v) is 16.2. The third-order valence-electron chi connectivity index (χ3n) is 5.43. The van der Waals surface area contributed by atoms with Crippen LogP contribution in [0.1, 0.15) is 16.8 Å². The van der Waals surface area contributed by atoms with Gasteiger partial charge in [0.25, 0.3) is 5.91 Å². The summed E-state index contributed by atoms with van der Waals surface area (Å²) in [7, 11) is -2.91. The van der Waals surface area contributed by atoms with Crippen LogP contribution in [0.15, 0.2) is 18.2 Å². The highest BCUT2D eigenvalue weighted by Gasteiger charge is 2.34. The molecule has 10 heteroatoms. The van der Waals surface area contributed by atoms with Crippen LogP contribution in [0.2, 0.25) is 0 Å². The van der Waals surface area contributed by atoms with Gasteiger partial charge >= 0.3 is 0 Å². The van der Waals surface area contributed by atoms with E-state index in [-0.39, 0.29) is 42.7 Å². The molecule has 1 N–H and O–H groups in total. The number of benzene rings is 1. The van der Waals surface area contributed by atoms with E-state index in [1.807, 2.05) is 0 Å². The summed E-state index contributed by atoms with van der Waals surface area (Å²) in [6, 6.07) is 4.95. The van der Waals surface area contributed by atoms with Gasteiger partial charge in [0.05, 0.1) is 18.1 Å². The summed E-state index contributed by atoms with van der Waals surface area (Å²) in [6.07, 6.45) is 0.669. The van der Waals surface area contributed by atoms with E-state index in [4.69, 9.17) is 9.47 Å². The lowest BCUT2D eigenvalue weighted by Gasteiger charge is -2.37. The summed E-state index contributed by atoms with van der Waals surface area (Å²) in [5.74, 6) is 1.09. The van der Waals surface area contributed by atoms with E-state index >= 15 is 0 Å². The molecule has 1 atom stereocenters. The maximum absolute atomic E-state index is 12.4. The van der Waals surface area contributed by atoms with Gasteiger partial charge in [-0.1, -0.05) is 0 Å². The Kier molecular flexibility index (Phi) is 5.15. The van der Waals surface area contributed by atoms with Gasteiger partial charge in [-0.3, -0.25) is 14.5 Å². The Balaban J connectivity index is 1.24. The Bertz CT molecular complexity index is 879. The predicted octanol–water partition coefficient (Wildman–Crippen LogP) is -0.524. The quantitative estimate of drug-likeness (QED) is 0.713. The Labute approximate surface area is 163 Å². The van der Waals surface area contributed by atoms with E-state index in [0.29, 0.717) is 49.7 Å². The van der Waals surface area contributed by atoms with Crippen molar-refractivity contribution in [1.82, 2.24) is 15.1 Å². The van der Waals surface area contributed by atoms with Crippen molar-refractivity contribution in [2.24, 2.45) is 0 Å². The Morgan fingerprint density at radius 1 is 1.11 bits per heavy atom. The van der Waals surface area contributed by atoms with Crippen LogP contribution >= 0.6 is 0 Å². The van der Waals surface area contributed by atoms with Crippen LogP contribution in [0.3, 0.4) is 0 Å². The first-order valence-corrected chi connectivity index (χ1v) is 11.1. The molecule has 2 saturated heterocycles. The Hall–Kier alpha value is -2.33. The van der Waals surface area contributed by atoms with Crippen LogP contribution in [0.25, 0.3) is 0 Å². The third-order valence-corrected chi connectivity index (χ3v) is 7.18. The predicted molar refractivity (Wildman–Crippen MR) is 100 cm³/mol. The maximum Gasteiger partial charge on any atom is 0.251 e. The average Bonchev–Trinajstić information content (AvgIpc) is 3.31. The molecule has 28 heavy (non-hydrogen) atoms. The number of nitrogens with one attached hydrogen (secondary N) is 1. The zero-order valence-electron chi connectivity index (χ0n) is 15.4. The van der Waals surface area contributed by atoms with Crippen LogP contribution in [-0.2, 0) is 14.6 Å². The molecule has 0 bridgehead atoms. The molecule has 4 rings (SSSR count). The lowest BCUT2D eigenvalue weighted by atomic mass is 10.2. The Morgan fingerprint density at radius 2 is 1.86 bits per heavy atom. The van der Waals surface area contributed by atoms with Crippen LogP contribution in [0.4, 0.5) is 0 Å². The molecule has 0 saturated carbocycles. The molecule has 9 nitrogen and oxygen atoms in total. The number of rotatable bonds is 4. The molecule has 3 aliphatic rings. The molecule has 152 valence electrons. The van der Waals surface area contributed by atoms with Crippen molar-refractivity contribution in [2.75, 3.05) is 51.0 Å².